The first-order chi connectivity index (χ1) is 12.5. The number of imidazole rings is 1. The molecule has 9 heteroatoms. The number of hydrogen-bond donors (Lipinski definition) is 0. The molecule has 1 aromatic heterocycles. The van der Waals surface area contributed by atoms with Gasteiger partial charge in [0.15, 0.2) is 9.84 Å². The fourth-order valence-electron chi connectivity index (χ4n) is 2.71. The molecular formula is C18H16ClF3N2O2S. The molecule has 0 aliphatic heterocycles. The van der Waals surface area contributed by atoms with Crippen molar-refractivity contribution in [2.45, 2.75) is 36.7 Å². The van der Waals surface area contributed by atoms with Gasteiger partial charge in [-0.25, -0.2) is 13.4 Å². The Kier molecular flexibility index (Phi) is 4.98. The van der Waals surface area contributed by atoms with Crippen LogP contribution in [0, 0.1) is 0 Å². The SMILES string of the molecule is CC(C)S(=O)(=O)c1ccc2c(c1)nc(C(F)(F)F)n2Cc1ccc(Cl)cc1. The van der Waals surface area contributed by atoms with E-state index in [2.05, 4.69) is 4.98 Å². The van der Waals surface area contributed by atoms with E-state index in [1.165, 1.54) is 32.0 Å². The summed E-state index contributed by atoms with van der Waals surface area (Å²) in [6, 6.07) is 10.3. The van der Waals surface area contributed by atoms with Crippen molar-refractivity contribution < 1.29 is 21.6 Å². The molecule has 0 saturated carbocycles. The molecule has 0 saturated heterocycles. The van der Waals surface area contributed by atoms with Crippen LogP contribution in [0.2, 0.25) is 5.02 Å². The molecule has 0 radical (unpaired) electrons. The Balaban J connectivity index is 2.17. The fraction of sp³-hybridized carbons (Fsp3) is 0.278. The standard InChI is InChI=1S/C18H16ClF3N2O2S/c1-11(2)27(25,26)14-7-8-16-15(9-14)23-17(18(20,21)22)24(16)10-12-3-5-13(19)6-4-12/h3-9,11H,10H2,1-2H3. The van der Waals surface area contributed by atoms with Crippen LogP contribution >= 0.6 is 11.6 Å². The summed E-state index contributed by atoms with van der Waals surface area (Å²) in [5, 5.41) is -0.206. The van der Waals surface area contributed by atoms with Gasteiger partial charge in [0, 0.05) is 11.6 Å². The van der Waals surface area contributed by atoms with Crippen LogP contribution < -0.4 is 0 Å². The van der Waals surface area contributed by atoms with E-state index in [0.29, 0.717) is 10.6 Å². The lowest BCUT2D eigenvalue weighted by molar-refractivity contribution is -0.146. The molecule has 3 aromatic rings. The second-order valence-electron chi connectivity index (χ2n) is 6.39. The quantitative estimate of drug-likeness (QED) is 0.605. The fourth-order valence-corrected chi connectivity index (χ4v) is 3.91. The zero-order valence-electron chi connectivity index (χ0n) is 14.5. The molecule has 27 heavy (non-hydrogen) atoms. The Morgan fingerprint density at radius 2 is 1.74 bits per heavy atom. The number of rotatable bonds is 4. The molecular weight excluding hydrogens is 401 g/mol. The van der Waals surface area contributed by atoms with Crippen molar-refractivity contribution >= 4 is 32.5 Å². The monoisotopic (exact) mass is 416 g/mol. The average molecular weight is 417 g/mol. The van der Waals surface area contributed by atoms with E-state index in [9.17, 15) is 21.6 Å². The van der Waals surface area contributed by atoms with E-state index in [4.69, 9.17) is 11.6 Å². The van der Waals surface area contributed by atoms with Crippen LogP contribution in [0.15, 0.2) is 47.4 Å². The largest absolute Gasteiger partial charge is 0.449 e. The second-order valence-corrected chi connectivity index (χ2v) is 9.33. The minimum atomic E-state index is -4.68. The van der Waals surface area contributed by atoms with Gasteiger partial charge in [-0.3, -0.25) is 0 Å². The smallest absolute Gasteiger partial charge is 0.316 e. The van der Waals surface area contributed by atoms with Crippen LogP contribution in [0.4, 0.5) is 13.2 Å². The van der Waals surface area contributed by atoms with E-state index in [0.717, 1.165) is 4.57 Å². The number of benzene rings is 2. The normalized spacial score (nSPS) is 12.9. The third-order valence-electron chi connectivity index (χ3n) is 4.18. The van der Waals surface area contributed by atoms with Gasteiger partial charge in [-0.15, -0.1) is 0 Å². The van der Waals surface area contributed by atoms with E-state index in [1.54, 1.807) is 24.3 Å². The number of aromatic nitrogens is 2. The molecule has 2 aromatic carbocycles. The van der Waals surface area contributed by atoms with Crippen molar-refractivity contribution in [2.75, 3.05) is 0 Å². The van der Waals surface area contributed by atoms with Gasteiger partial charge in [0.05, 0.1) is 21.2 Å². The number of alkyl halides is 3. The Morgan fingerprint density at radius 3 is 2.30 bits per heavy atom. The van der Waals surface area contributed by atoms with Crippen LogP contribution in [0.5, 0.6) is 0 Å². The highest BCUT2D eigenvalue weighted by Crippen LogP contribution is 2.33. The molecule has 0 atom stereocenters. The summed E-state index contributed by atoms with van der Waals surface area (Å²) < 4.78 is 66.1. The lowest BCUT2D eigenvalue weighted by Gasteiger charge is -2.12. The number of fused-ring (bicyclic) bond motifs is 1. The lowest BCUT2D eigenvalue weighted by atomic mass is 10.2. The zero-order valence-corrected chi connectivity index (χ0v) is 16.0. The minimum absolute atomic E-state index is 0.0157. The molecule has 0 spiro atoms. The summed E-state index contributed by atoms with van der Waals surface area (Å²) >= 11 is 5.82. The van der Waals surface area contributed by atoms with Crippen molar-refractivity contribution in [1.29, 1.82) is 0 Å². The maximum absolute atomic E-state index is 13.5. The van der Waals surface area contributed by atoms with Gasteiger partial charge in [-0.1, -0.05) is 23.7 Å². The van der Waals surface area contributed by atoms with Crippen LogP contribution in [-0.2, 0) is 22.6 Å². The van der Waals surface area contributed by atoms with Crippen LogP contribution in [-0.4, -0.2) is 23.2 Å². The average Bonchev–Trinajstić information content (AvgIpc) is 2.95. The highest BCUT2D eigenvalue weighted by Gasteiger charge is 2.37. The molecule has 4 nitrogen and oxygen atoms in total. The van der Waals surface area contributed by atoms with Gasteiger partial charge >= 0.3 is 6.18 Å². The van der Waals surface area contributed by atoms with E-state index in [-0.39, 0.29) is 22.5 Å². The molecule has 0 aliphatic rings. The maximum atomic E-state index is 13.5. The number of halogens is 4. The summed E-state index contributed by atoms with van der Waals surface area (Å²) in [6.07, 6.45) is -4.68. The van der Waals surface area contributed by atoms with Gasteiger partial charge < -0.3 is 4.57 Å². The molecule has 0 fully saturated rings. The first-order valence-corrected chi connectivity index (χ1v) is 9.98. The first-order valence-electron chi connectivity index (χ1n) is 8.06. The predicted octanol–water partition coefficient (Wildman–Crippen LogP) is 4.94. The zero-order chi connectivity index (χ0) is 20.0. The van der Waals surface area contributed by atoms with Crippen molar-refractivity contribution in [3.8, 4) is 0 Å². The third kappa shape index (κ3) is 3.82. The summed E-state index contributed by atoms with van der Waals surface area (Å²) in [6.45, 7) is 2.96. The summed E-state index contributed by atoms with van der Waals surface area (Å²) in [7, 11) is -3.62. The summed E-state index contributed by atoms with van der Waals surface area (Å²) in [5.74, 6) is -1.08. The molecule has 0 amide bonds. The highest BCUT2D eigenvalue weighted by molar-refractivity contribution is 7.92. The van der Waals surface area contributed by atoms with Crippen molar-refractivity contribution in [3.05, 3.63) is 58.9 Å². The maximum Gasteiger partial charge on any atom is 0.449 e. The van der Waals surface area contributed by atoms with Gasteiger partial charge in [0.25, 0.3) is 0 Å². The van der Waals surface area contributed by atoms with Crippen molar-refractivity contribution in [3.63, 3.8) is 0 Å². The van der Waals surface area contributed by atoms with Crippen molar-refractivity contribution in [1.82, 2.24) is 9.55 Å². The third-order valence-corrected chi connectivity index (χ3v) is 6.58. The molecule has 0 unspecified atom stereocenters. The Bertz CT molecular complexity index is 1090. The van der Waals surface area contributed by atoms with Gasteiger partial charge in [0.1, 0.15) is 0 Å². The number of sulfone groups is 1. The van der Waals surface area contributed by atoms with Crippen LogP contribution in [0.25, 0.3) is 11.0 Å². The molecule has 0 bridgehead atoms. The van der Waals surface area contributed by atoms with E-state index in [1.807, 2.05) is 0 Å². The van der Waals surface area contributed by atoms with Crippen LogP contribution in [0.3, 0.4) is 0 Å². The lowest BCUT2D eigenvalue weighted by Crippen LogP contribution is -2.15. The Labute approximate surface area is 159 Å². The highest BCUT2D eigenvalue weighted by atomic mass is 35.5. The van der Waals surface area contributed by atoms with Crippen LogP contribution in [0.1, 0.15) is 25.2 Å². The molecule has 0 N–H and O–H groups in total. The Hall–Kier alpha value is -2.06. The number of nitrogens with zero attached hydrogens (tertiary/aromatic N) is 2. The topological polar surface area (TPSA) is 52.0 Å². The Morgan fingerprint density at radius 1 is 1.11 bits per heavy atom. The molecule has 1 heterocycles. The predicted molar refractivity (Wildman–Crippen MR) is 97.6 cm³/mol. The van der Waals surface area contributed by atoms with E-state index < -0.39 is 27.1 Å². The molecule has 0 aliphatic carbocycles. The van der Waals surface area contributed by atoms with Gasteiger partial charge in [-0.05, 0) is 49.7 Å². The molecule has 144 valence electrons. The second kappa shape index (κ2) is 6.83. The van der Waals surface area contributed by atoms with E-state index >= 15 is 0 Å². The number of hydrogen-bond acceptors (Lipinski definition) is 3. The first kappa shape index (κ1) is 19.7. The van der Waals surface area contributed by atoms with Crippen molar-refractivity contribution in [2.24, 2.45) is 0 Å². The van der Waals surface area contributed by atoms with Gasteiger partial charge in [-0.2, -0.15) is 13.2 Å². The minimum Gasteiger partial charge on any atom is -0.316 e. The molecule has 3 rings (SSSR count). The van der Waals surface area contributed by atoms with Gasteiger partial charge in [0.2, 0.25) is 5.82 Å². The summed E-state index contributed by atoms with van der Waals surface area (Å²) in [5.41, 5.74) is 0.807. The summed E-state index contributed by atoms with van der Waals surface area (Å²) in [4.78, 5) is 3.63.